The molecule has 3 aromatic carbocycles. The van der Waals surface area contributed by atoms with Crippen LogP contribution in [0, 0.1) is 12.8 Å². The van der Waals surface area contributed by atoms with Crippen LogP contribution in [0.2, 0.25) is 0 Å². The fourth-order valence-corrected chi connectivity index (χ4v) is 6.93. The van der Waals surface area contributed by atoms with Gasteiger partial charge in [0.2, 0.25) is 0 Å². The summed E-state index contributed by atoms with van der Waals surface area (Å²) in [4.78, 5) is 4.95. The lowest BCUT2D eigenvalue weighted by Gasteiger charge is -2.47. The molecule has 0 fully saturated rings. The number of pyridine rings is 1. The first-order valence-corrected chi connectivity index (χ1v) is 12.9. The lowest BCUT2D eigenvalue weighted by Crippen LogP contribution is -2.47. The van der Waals surface area contributed by atoms with Crippen molar-refractivity contribution in [3.63, 3.8) is 0 Å². The maximum absolute atomic E-state index is 13.9. The normalized spacial score (nSPS) is 21.1. The van der Waals surface area contributed by atoms with Gasteiger partial charge in [-0.25, -0.2) is 13.4 Å². The Bertz CT molecular complexity index is 1450. The third-order valence-electron chi connectivity index (χ3n) is 7.01. The van der Waals surface area contributed by atoms with Crippen LogP contribution in [0.1, 0.15) is 34.2 Å². The Balaban J connectivity index is 1.53. The molecule has 1 aromatic heterocycles. The summed E-state index contributed by atoms with van der Waals surface area (Å²) < 4.78 is 29.4. The number of sulfonamides is 1. The monoisotopic (exact) mass is 467 g/mol. The minimum Gasteiger partial charge on any atom is -0.363 e. The molecule has 34 heavy (non-hydrogen) atoms. The molecule has 2 aliphatic heterocycles. The molecule has 0 unspecified atom stereocenters. The quantitative estimate of drug-likeness (QED) is 0.431. The summed E-state index contributed by atoms with van der Waals surface area (Å²) in [5.74, 6) is 0.872. The summed E-state index contributed by atoms with van der Waals surface area (Å²) in [5, 5.41) is 3.64. The van der Waals surface area contributed by atoms with Crippen LogP contribution in [0.4, 0.5) is 11.5 Å². The van der Waals surface area contributed by atoms with E-state index in [0.29, 0.717) is 11.4 Å². The zero-order chi connectivity index (χ0) is 23.3. The molecule has 3 heterocycles. The first-order valence-electron chi connectivity index (χ1n) is 11.5. The van der Waals surface area contributed by atoms with E-state index in [1.54, 1.807) is 22.6 Å². The average molecular weight is 468 g/mol. The predicted molar refractivity (Wildman–Crippen MR) is 135 cm³/mol. The smallest absolute Gasteiger partial charge is 0.264 e. The van der Waals surface area contributed by atoms with Gasteiger partial charge in [-0.3, -0.25) is 4.31 Å². The van der Waals surface area contributed by atoms with E-state index in [9.17, 15) is 8.42 Å². The number of nitrogens with one attached hydrogen (secondary N) is 1. The Morgan fingerprint density at radius 3 is 2.35 bits per heavy atom. The van der Waals surface area contributed by atoms with Crippen LogP contribution in [0.15, 0.2) is 102 Å². The maximum atomic E-state index is 13.9. The highest BCUT2D eigenvalue weighted by Gasteiger charge is 2.46. The molecule has 6 rings (SSSR count). The van der Waals surface area contributed by atoms with Gasteiger partial charge in [-0.05, 0) is 42.3 Å². The number of fused-ring (bicyclic) bond motifs is 4. The van der Waals surface area contributed by atoms with Crippen molar-refractivity contribution in [2.75, 3.05) is 16.2 Å². The van der Waals surface area contributed by atoms with Crippen LogP contribution >= 0.6 is 0 Å². The summed E-state index contributed by atoms with van der Waals surface area (Å²) >= 11 is 0. The highest BCUT2D eigenvalue weighted by molar-refractivity contribution is 7.92. The second-order valence-corrected chi connectivity index (χ2v) is 10.9. The van der Waals surface area contributed by atoms with Gasteiger partial charge in [0.05, 0.1) is 16.6 Å². The summed E-state index contributed by atoms with van der Waals surface area (Å²) in [6.45, 7) is 2.33. The number of hydrogen-bond donors (Lipinski definition) is 1. The largest absolute Gasteiger partial charge is 0.363 e. The van der Waals surface area contributed by atoms with E-state index in [1.165, 1.54) is 5.56 Å². The molecule has 0 saturated carbocycles. The van der Waals surface area contributed by atoms with Gasteiger partial charge in [0.1, 0.15) is 5.82 Å². The van der Waals surface area contributed by atoms with Gasteiger partial charge in [0.15, 0.2) is 0 Å². The van der Waals surface area contributed by atoms with E-state index >= 15 is 0 Å². The molecule has 3 atom stereocenters. The number of anilines is 2. The van der Waals surface area contributed by atoms with E-state index in [4.69, 9.17) is 0 Å². The Morgan fingerprint density at radius 1 is 0.853 bits per heavy atom. The molecule has 0 amide bonds. The summed E-state index contributed by atoms with van der Waals surface area (Å²) in [6.07, 6.45) is 1.80. The SMILES string of the molecule is Cc1ccc(S(=O)(=O)N2C[C@H]3[C@H](c4ccccc4)c4cccnc4N[C@@H]3c3ccccc32)cc1. The lowest BCUT2D eigenvalue weighted by molar-refractivity contribution is 0.386. The average Bonchev–Trinajstić information content (AvgIpc) is 2.87. The van der Waals surface area contributed by atoms with Crippen molar-refractivity contribution in [1.82, 2.24) is 4.98 Å². The van der Waals surface area contributed by atoms with E-state index < -0.39 is 10.0 Å². The van der Waals surface area contributed by atoms with Crippen molar-refractivity contribution in [3.05, 3.63) is 119 Å². The molecule has 0 saturated heterocycles. The van der Waals surface area contributed by atoms with Gasteiger partial charge >= 0.3 is 0 Å². The lowest BCUT2D eigenvalue weighted by atomic mass is 9.71. The second kappa shape index (κ2) is 7.99. The summed E-state index contributed by atoms with van der Waals surface area (Å²) in [5.41, 5.74) is 5.00. The Kier molecular flexibility index (Phi) is 4.92. The van der Waals surface area contributed by atoms with Gasteiger partial charge in [0, 0.05) is 30.1 Å². The van der Waals surface area contributed by atoms with Gasteiger partial charge in [-0.2, -0.15) is 0 Å². The number of nitrogens with zero attached hydrogens (tertiary/aromatic N) is 2. The zero-order valence-electron chi connectivity index (χ0n) is 18.8. The standard InChI is InChI=1S/C28H25N3O2S/c1-19-13-15-21(16-14-19)34(32,33)31-18-24-26(20-8-3-2-4-9-20)23-11-7-17-29-28(23)30-27(24)22-10-5-6-12-25(22)31/h2-17,24,26-27H,18H2,1H3,(H,29,30)/t24-,26+,27+/m0/s1. The van der Waals surface area contributed by atoms with Crippen molar-refractivity contribution in [2.24, 2.45) is 5.92 Å². The molecular formula is C28H25N3O2S. The molecule has 0 aliphatic carbocycles. The Hall–Kier alpha value is -3.64. The first kappa shape index (κ1) is 20.9. The fraction of sp³-hybridized carbons (Fsp3) is 0.179. The van der Waals surface area contributed by atoms with Crippen LogP contribution < -0.4 is 9.62 Å². The molecule has 1 N–H and O–H groups in total. The number of hydrogen-bond acceptors (Lipinski definition) is 4. The van der Waals surface area contributed by atoms with Crippen molar-refractivity contribution >= 4 is 21.5 Å². The van der Waals surface area contributed by atoms with Crippen LogP contribution in [0.5, 0.6) is 0 Å². The molecule has 0 radical (unpaired) electrons. The zero-order valence-corrected chi connectivity index (χ0v) is 19.6. The number of aryl methyl sites for hydroxylation is 1. The molecular weight excluding hydrogens is 442 g/mol. The number of benzene rings is 3. The van der Waals surface area contributed by atoms with Gasteiger partial charge in [-0.1, -0.05) is 72.3 Å². The molecule has 2 aliphatic rings. The van der Waals surface area contributed by atoms with Crippen molar-refractivity contribution in [3.8, 4) is 0 Å². The summed E-state index contributed by atoms with van der Waals surface area (Å²) in [6, 6.07) is 29.3. The molecule has 4 aromatic rings. The fourth-order valence-electron chi connectivity index (χ4n) is 5.41. The Labute approximate surface area is 200 Å². The van der Waals surface area contributed by atoms with Crippen molar-refractivity contribution in [1.29, 1.82) is 0 Å². The number of para-hydroxylation sites is 1. The van der Waals surface area contributed by atoms with Crippen LogP contribution in [-0.4, -0.2) is 19.9 Å². The highest BCUT2D eigenvalue weighted by Crippen LogP contribution is 2.52. The molecule has 170 valence electrons. The molecule has 5 nitrogen and oxygen atoms in total. The first-order chi connectivity index (χ1) is 16.5. The molecule has 0 spiro atoms. The minimum absolute atomic E-state index is 0.00535. The second-order valence-electron chi connectivity index (χ2n) is 9.02. The van der Waals surface area contributed by atoms with Crippen molar-refractivity contribution < 1.29 is 8.42 Å². The predicted octanol–water partition coefficient (Wildman–Crippen LogP) is 5.51. The summed E-state index contributed by atoms with van der Waals surface area (Å²) in [7, 11) is -3.74. The van der Waals surface area contributed by atoms with Crippen LogP contribution in [0.25, 0.3) is 0 Å². The van der Waals surface area contributed by atoms with Crippen LogP contribution in [-0.2, 0) is 10.0 Å². The number of aromatic nitrogens is 1. The van der Waals surface area contributed by atoms with E-state index in [0.717, 1.165) is 28.2 Å². The van der Waals surface area contributed by atoms with Crippen LogP contribution in [0.3, 0.4) is 0 Å². The Morgan fingerprint density at radius 2 is 1.56 bits per heavy atom. The third-order valence-corrected chi connectivity index (χ3v) is 8.80. The topological polar surface area (TPSA) is 62.3 Å². The highest BCUT2D eigenvalue weighted by atomic mass is 32.2. The van der Waals surface area contributed by atoms with Crippen molar-refractivity contribution in [2.45, 2.75) is 23.8 Å². The van der Waals surface area contributed by atoms with Gasteiger partial charge in [0.25, 0.3) is 10.0 Å². The number of rotatable bonds is 3. The third kappa shape index (κ3) is 3.29. The molecule has 0 bridgehead atoms. The maximum Gasteiger partial charge on any atom is 0.264 e. The molecule has 6 heteroatoms. The minimum atomic E-state index is -3.74. The van der Waals surface area contributed by atoms with Gasteiger partial charge in [-0.15, -0.1) is 0 Å². The van der Waals surface area contributed by atoms with E-state index in [2.05, 4.69) is 28.5 Å². The van der Waals surface area contributed by atoms with E-state index in [-0.39, 0.29) is 17.9 Å². The van der Waals surface area contributed by atoms with Gasteiger partial charge < -0.3 is 5.32 Å². The van der Waals surface area contributed by atoms with E-state index in [1.807, 2.05) is 67.6 Å².